The zero-order valence-electron chi connectivity index (χ0n) is 16.0. The number of amides is 2. The summed E-state index contributed by atoms with van der Waals surface area (Å²) in [7, 11) is 0. The number of esters is 1. The maximum absolute atomic E-state index is 11.1. The van der Waals surface area contributed by atoms with Gasteiger partial charge < -0.3 is 16.2 Å². The Balaban J connectivity index is 0. The first-order chi connectivity index (χ1) is 11.5. The lowest BCUT2D eigenvalue weighted by Gasteiger charge is -2.03. The van der Waals surface area contributed by atoms with Crippen LogP contribution in [0.5, 0.6) is 0 Å². The molecular weight excluding hydrogens is 304 g/mol. The first-order valence-corrected chi connectivity index (χ1v) is 9.75. The zero-order valence-corrected chi connectivity index (χ0v) is 16.0. The molecular formula is C19H40N2O3. The van der Waals surface area contributed by atoms with Crippen LogP contribution in [0.4, 0.5) is 4.79 Å². The molecule has 0 aliphatic rings. The molecule has 4 N–H and O–H groups in total. The van der Waals surface area contributed by atoms with E-state index in [1.165, 1.54) is 77.0 Å². The van der Waals surface area contributed by atoms with Crippen LogP contribution in [0.3, 0.4) is 0 Å². The van der Waals surface area contributed by atoms with Crippen LogP contribution >= 0.6 is 0 Å². The van der Waals surface area contributed by atoms with Gasteiger partial charge in [-0.25, -0.2) is 4.79 Å². The fourth-order valence-corrected chi connectivity index (χ4v) is 2.52. The molecule has 24 heavy (non-hydrogen) atoms. The van der Waals surface area contributed by atoms with Crippen LogP contribution in [0.25, 0.3) is 0 Å². The molecule has 0 aromatic rings. The van der Waals surface area contributed by atoms with E-state index in [1.54, 1.807) is 0 Å². The van der Waals surface area contributed by atoms with E-state index >= 15 is 0 Å². The molecule has 0 aromatic carbocycles. The maximum atomic E-state index is 11.1. The minimum atomic E-state index is -0.833. The van der Waals surface area contributed by atoms with Gasteiger partial charge in [0.2, 0.25) is 0 Å². The third-order valence-corrected chi connectivity index (χ3v) is 3.79. The van der Waals surface area contributed by atoms with Crippen LogP contribution in [0.2, 0.25) is 0 Å². The molecule has 5 heteroatoms. The molecule has 0 atom stereocenters. The number of primary amides is 2. The van der Waals surface area contributed by atoms with Crippen LogP contribution in [0, 0.1) is 0 Å². The molecule has 0 aliphatic carbocycles. The van der Waals surface area contributed by atoms with Crippen molar-refractivity contribution in [1.82, 2.24) is 0 Å². The summed E-state index contributed by atoms with van der Waals surface area (Å²) >= 11 is 0. The summed E-state index contributed by atoms with van der Waals surface area (Å²) < 4.78 is 4.91. The number of hydrogen-bond donors (Lipinski definition) is 2. The highest BCUT2D eigenvalue weighted by molar-refractivity contribution is 5.69. The van der Waals surface area contributed by atoms with Gasteiger partial charge in [0, 0.05) is 6.42 Å². The topological polar surface area (TPSA) is 95.4 Å². The molecule has 0 aromatic heterocycles. The maximum Gasteiger partial charge on any atom is 0.309 e. The number of carbonyl (C=O) groups excluding carboxylic acids is 2. The van der Waals surface area contributed by atoms with Gasteiger partial charge >= 0.3 is 12.0 Å². The first-order valence-electron chi connectivity index (χ1n) is 9.75. The van der Waals surface area contributed by atoms with Gasteiger partial charge in [0.1, 0.15) is 0 Å². The predicted octanol–water partition coefficient (Wildman–Crippen LogP) is 5.05. The minimum absolute atomic E-state index is 0.0319. The van der Waals surface area contributed by atoms with Crippen LogP contribution in [0.15, 0.2) is 0 Å². The molecule has 0 saturated carbocycles. The van der Waals surface area contributed by atoms with Crippen molar-refractivity contribution in [3.8, 4) is 0 Å². The molecule has 2 amide bonds. The predicted molar refractivity (Wildman–Crippen MR) is 101 cm³/mol. The number of nitrogens with two attached hydrogens (primary N) is 2. The average molecular weight is 345 g/mol. The average Bonchev–Trinajstić information content (AvgIpc) is 2.51. The summed E-state index contributed by atoms with van der Waals surface area (Å²) in [5, 5.41) is 0. The normalized spacial score (nSPS) is 9.92. The van der Waals surface area contributed by atoms with Crippen molar-refractivity contribution in [3.05, 3.63) is 0 Å². The van der Waals surface area contributed by atoms with Gasteiger partial charge in [-0.1, -0.05) is 84.0 Å². The van der Waals surface area contributed by atoms with Crippen LogP contribution < -0.4 is 11.5 Å². The van der Waals surface area contributed by atoms with E-state index in [0.29, 0.717) is 13.0 Å². The zero-order chi connectivity index (χ0) is 18.5. The van der Waals surface area contributed by atoms with Crippen molar-refractivity contribution in [2.45, 2.75) is 104 Å². The highest BCUT2D eigenvalue weighted by Gasteiger charge is 2.00. The first kappa shape index (κ1) is 25.0. The summed E-state index contributed by atoms with van der Waals surface area (Å²) in [4.78, 5) is 20.1. The molecule has 0 rings (SSSR count). The standard InChI is InChI=1S/C18H36O2.CH4N2O/c1-3-5-6-7-8-9-10-11-12-13-14-15-16-17-18(19)20-4-2;2-1(3)4/h3-17H2,1-2H3;(H4,2,3,4). The quantitative estimate of drug-likeness (QED) is 0.321. The van der Waals surface area contributed by atoms with Gasteiger partial charge in [-0.3, -0.25) is 4.79 Å². The molecule has 0 radical (unpaired) electrons. The van der Waals surface area contributed by atoms with E-state index in [-0.39, 0.29) is 5.97 Å². The Bertz CT molecular complexity index is 280. The number of carbonyl (C=O) groups is 2. The second-order valence-corrected chi connectivity index (χ2v) is 6.20. The summed E-state index contributed by atoms with van der Waals surface area (Å²) in [5.74, 6) is -0.0319. The highest BCUT2D eigenvalue weighted by Crippen LogP contribution is 2.12. The monoisotopic (exact) mass is 344 g/mol. The largest absolute Gasteiger partial charge is 0.466 e. The molecule has 0 spiro atoms. The van der Waals surface area contributed by atoms with Gasteiger partial charge in [0.15, 0.2) is 0 Å². The van der Waals surface area contributed by atoms with E-state index in [4.69, 9.17) is 9.53 Å². The molecule has 144 valence electrons. The van der Waals surface area contributed by atoms with Crippen molar-refractivity contribution in [1.29, 1.82) is 0 Å². The van der Waals surface area contributed by atoms with Gasteiger partial charge in [-0.2, -0.15) is 0 Å². The smallest absolute Gasteiger partial charge is 0.309 e. The number of hydrogen-bond acceptors (Lipinski definition) is 3. The molecule has 0 aliphatic heterocycles. The van der Waals surface area contributed by atoms with E-state index < -0.39 is 6.03 Å². The lowest BCUT2D eigenvalue weighted by Crippen LogP contribution is -2.18. The van der Waals surface area contributed by atoms with Gasteiger partial charge in [0.05, 0.1) is 6.61 Å². The van der Waals surface area contributed by atoms with Crippen molar-refractivity contribution in [3.63, 3.8) is 0 Å². The summed E-state index contributed by atoms with van der Waals surface area (Å²) in [6, 6.07) is -0.833. The number of unbranched alkanes of at least 4 members (excludes halogenated alkanes) is 12. The van der Waals surface area contributed by atoms with E-state index in [9.17, 15) is 4.79 Å². The van der Waals surface area contributed by atoms with Crippen molar-refractivity contribution in [2.75, 3.05) is 6.61 Å². The number of urea groups is 1. The molecule has 0 fully saturated rings. The van der Waals surface area contributed by atoms with E-state index in [2.05, 4.69) is 18.4 Å². The fraction of sp³-hybridized carbons (Fsp3) is 0.895. The molecule has 5 nitrogen and oxygen atoms in total. The second-order valence-electron chi connectivity index (χ2n) is 6.20. The van der Waals surface area contributed by atoms with Crippen LogP contribution in [0.1, 0.15) is 104 Å². The molecule has 0 saturated heterocycles. The molecule has 0 heterocycles. The summed E-state index contributed by atoms with van der Waals surface area (Å²) in [6.07, 6.45) is 18.0. The Labute approximate surface area is 148 Å². The van der Waals surface area contributed by atoms with Crippen LogP contribution in [-0.4, -0.2) is 18.6 Å². The van der Waals surface area contributed by atoms with E-state index in [1.807, 2.05) is 6.92 Å². The molecule has 0 unspecified atom stereocenters. The summed E-state index contributed by atoms with van der Waals surface area (Å²) in [5.41, 5.74) is 8.50. The fourth-order valence-electron chi connectivity index (χ4n) is 2.52. The lowest BCUT2D eigenvalue weighted by molar-refractivity contribution is -0.143. The van der Waals surface area contributed by atoms with Gasteiger partial charge in [0.25, 0.3) is 0 Å². The Morgan fingerprint density at radius 2 is 1.00 bits per heavy atom. The Hall–Kier alpha value is -1.26. The summed E-state index contributed by atoms with van der Waals surface area (Å²) in [6.45, 7) is 4.64. The highest BCUT2D eigenvalue weighted by atomic mass is 16.5. The Morgan fingerprint density at radius 1 is 0.667 bits per heavy atom. The van der Waals surface area contributed by atoms with Crippen molar-refractivity contribution < 1.29 is 14.3 Å². The Morgan fingerprint density at radius 3 is 1.33 bits per heavy atom. The second kappa shape index (κ2) is 21.7. The van der Waals surface area contributed by atoms with Crippen molar-refractivity contribution in [2.24, 2.45) is 11.5 Å². The number of rotatable bonds is 15. The van der Waals surface area contributed by atoms with Gasteiger partial charge in [-0.05, 0) is 13.3 Å². The lowest BCUT2D eigenvalue weighted by atomic mass is 10.0. The third kappa shape index (κ3) is 28.8. The van der Waals surface area contributed by atoms with Crippen LogP contribution in [-0.2, 0) is 9.53 Å². The molecule has 0 bridgehead atoms. The Kier molecular flexibility index (Phi) is 22.6. The van der Waals surface area contributed by atoms with E-state index in [0.717, 1.165) is 6.42 Å². The van der Waals surface area contributed by atoms with Crippen molar-refractivity contribution >= 4 is 12.0 Å². The third-order valence-electron chi connectivity index (χ3n) is 3.79. The minimum Gasteiger partial charge on any atom is -0.466 e. The SMILES string of the molecule is CCCCCCCCCCCCCCCC(=O)OCC.NC(N)=O. The number of ether oxygens (including phenoxy) is 1. The van der Waals surface area contributed by atoms with Gasteiger partial charge in [-0.15, -0.1) is 0 Å².